The molecule has 0 radical (unpaired) electrons. The maximum atomic E-state index is 11.9. The van der Waals surface area contributed by atoms with E-state index in [2.05, 4.69) is 10.6 Å². The number of hydrogen-bond acceptors (Lipinski definition) is 5. The van der Waals surface area contributed by atoms with Crippen LogP contribution in [0.3, 0.4) is 0 Å². The molecule has 9 heteroatoms. The van der Waals surface area contributed by atoms with Gasteiger partial charge in [-0.15, -0.1) is 11.6 Å². The monoisotopic (exact) mass is 328 g/mol. The van der Waals surface area contributed by atoms with Gasteiger partial charge in [-0.25, -0.2) is 0 Å². The summed E-state index contributed by atoms with van der Waals surface area (Å²) in [5, 5.41) is 24.7. The smallest absolute Gasteiger partial charge is 0.271 e. The van der Waals surface area contributed by atoms with Crippen LogP contribution in [0.1, 0.15) is 0 Å². The molecule has 0 unspecified atom stereocenters. The van der Waals surface area contributed by atoms with Crippen LogP contribution in [0.5, 0.6) is 0 Å². The summed E-state index contributed by atoms with van der Waals surface area (Å²) < 4.78 is 0. The lowest BCUT2D eigenvalue weighted by atomic mass is 10.2. The average Bonchev–Trinajstić information content (AvgIpc) is 2.45. The Bertz CT molecular complexity index is 625. The molecule has 0 spiro atoms. The van der Waals surface area contributed by atoms with Crippen molar-refractivity contribution in [1.29, 1.82) is 5.26 Å². The molecule has 110 valence electrons. The van der Waals surface area contributed by atoms with Crippen molar-refractivity contribution in [1.82, 2.24) is 5.32 Å². The quantitative estimate of drug-likeness (QED) is 0.208. The van der Waals surface area contributed by atoms with Gasteiger partial charge in [0, 0.05) is 30.8 Å². The highest BCUT2D eigenvalue weighted by atomic mass is 35.5. The zero-order valence-corrected chi connectivity index (χ0v) is 12.1. The number of rotatable bonds is 6. The number of nitro groups is 1. The second-order valence-corrected chi connectivity index (χ2v) is 4.47. The summed E-state index contributed by atoms with van der Waals surface area (Å²) in [5.41, 5.74) is -0.380. The van der Waals surface area contributed by atoms with Crippen LogP contribution in [0, 0.1) is 21.4 Å². The van der Waals surface area contributed by atoms with E-state index in [-0.39, 0.29) is 22.0 Å². The SMILES string of the molecule is N#C/C(=C/NCCCl)C(=O)Nc1cc([N+](=O)[O-])ccc1Cl. The van der Waals surface area contributed by atoms with E-state index < -0.39 is 10.8 Å². The Morgan fingerprint density at radius 3 is 2.81 bits per heavy atom. The Hall–Kier alpha value is -2.30. The van der Waals surface area contributed by atoms with E-state index in [9.17, 15) is 14.9 Å². The first-order valence-electron chi connectivity index (χ1n) is 5.64. The molecule has 0 aliphatic rings. The minimum absolute atomic E-state index is 0.0503. The summed E-state index contributed by atoms with van der Waals surface area (Å²) in [4.78, 5) is 21.9. The van der Waals surface area contributed by atoms with Crippen molar-refractivity contribution < 1.29 is 9.72 Å². The van der Waals surface area contributed by atoms with Gasteiger partial charge in [-0.05, 0) is 6.07 Å². The molecular formula is C12H10Cl2N4O3. The average molecular weight is 329 g/mol. The summed E-state index contributed by atoms with van der Waals surface area (Å²) in [7, 11) is 0. The van der Waals surface area contributed by atoms with Crippen LogP contribution < -0.4 is 10.6 Å². The van der Waals surface area contributed by atoms with E-state index >= 15 is 0 Å². The van der Waals surface area contributed by atoms with Crippen molar-refractivity contribution in [2.75, 3.05) is 17.7 Å². The van der Waals surface area contributed by atoms with E-state index in [0.29, 0.717) is 12.4 Å². The number of hydrogen-bond donors (Lipinski definition) is 2. The van der Waals surface area contributed by atoms with Crippen LogP contribution in [0.2, 0.25) is 5.02 Å². The lowest BCUT2D eigenvalue weighted by Crippen LogP contribution is -2.17. The number of alkyl halides is 1. The number of nitro benzene ring substituents is 1. The predicted molar refractivity (Wildman–Crippen MR) is 79.2 cm³/mol. The Morgan fingerprint density at radius 2 is 2.24 bits per heavy atom. The van der Waals surface area contributed by atoms with Crippen molar-refractivity contribution in [3.8, 4) is 6.07 Å². The number of non-ortho nitro benzene ring substituents is 1. The molecule has 0 aromatic heterocycles. The number of nitrogens with zero attached hydrogens (tertiary/aromatic N) is 2. The molecule has 1 amide bonds. The van der Waals surface area contributed by atoms with Gasteiger partial charge in [-0.3, -0.25) is 14.9 Å². The van der Waals surface area contributed by atoms with Gasteiger partial charge in [-0.1, -0.05) is 11.6 Å². The molecule has 1 aromatic rings. The maximum absolute atomic E-state index is 11.9. The molecule has 0 aliphatic heterocycles. The molecular weight excluding hydrogens is 319 g/mol. The third-order valence-electron chi connectivity index (χ3n) is 2.26. The van der Waals surface area contributed by atoms with Crippen molar-refractivity contribution in [2.45, 2.75) is 0 Å². The van der Waals surface area contributed by atoms with Gasteiger partial charge in [0.25, 0.3) is 11.6 Å². The number of benzene rings is 1. The fourth-order valence-corrected chi connectivity index (χ4v) is 1.56. The molecule has 7 nitrogen and oxygen atoms in total. The fourth-order valence-electron chi connectivity index (χ4n) is 1.29. The zero-order valence-electron chi connectivity index (χ0n) is 10.6. The van der Waals surface area contributed by atoms with Gasteiger partial charge in [0.1, 0.15) is 11.6 Å². The normalized spacial score (nSPS) is 10.6. The first-order chi connectivity index (χ1) is 9.99. The van der Waals surface area contributed by atoms with Crippen LogP contribution in [0.15, 0.2) is 30.0 Å². The summed E-state index contributed by atoms with van der Waals surface area (Å²) in [6.45, 7) is 0.386. The van der Waals surface area contributed by atoms with Crippen LogP contribution in [-0.4, -0.2) is 23.3 Å². The van der Waals surface area contributed by atoms with E-state index in [1.54, 1.807) is 6.07 Å². The van der Waals surface area contributed by atoms with E-state index in [1.807, 2.05) is 0 Å². The summed E-state index contributed by atoms with van der Waals surface area (Å²) in [5.74, 6) is -0.421. The van der Waals surface area contributed by atoms with Gasteiger partial charge in [-0.2, -0.15) is 5.26 Å². The Balaban J connectivity index is 2.92. The van der Waals surface area contributed by atoms with Gasteiger partial charge in [0.05, 0.1) is 15.6 Å². The van der Waals surface area contributed by atoms with Crippen LogP contribution in [0.4, 0.5) is 11.4 Å². The van der Waals surface area contributed by atoms with Gasteiger partial charge < -0.3 is 10.6 Å². The summed E-state index contributed by atoms with van der Waals surface area (Å²) >= 11 is 11.3. The third-order valence-corrected chi connectivity index (χ3v) is 2.78. The molecule has 1 rings (SSSR count). The van der Waals surface area contributed by atoms with Gasteiger partial charge in [0.15, 0.2) is 0 Å². The topological polar surface area (TPSA) is 108 Å². The molecule has 0 aliphatic carbocycles. The number of amides is 1. The fraction of sp³-hybridized carbons (Fsp3) is 0.167. The second kappa shape index (κ2) is 8.09. The Morgan fingerprint density at radius 1 is 1.52 bits per heavy atom. The van der Waals surface area contributed by atoms with E-state index in [1.165, 1.54) is 18.3 Å². The molecule has 0 saturated carbocycles. The number of nitrogens with one attached hydrogen (secondary N) is 2. The molecule has 2 N–H and O–H groups in total. The number of anilines is 1. The highest BCUT2D eigenvalue weighted by molar-refractivity contribution is 6.34. The molecule has 0 atom stereocenters. The maximum Gasteiger partial charge on any atom is 0.271 e. The minimum Gasteiger partial charge on any atom is -0.388 e. The van der Waals surface area contributed by atoms with Crippen LogP contribution >= 0.6 is 23.2 Å². The molecule has 0 bridgehead atoms. The molecule has 0 heterocycles. The zero-order chi connectivity index (χ0) is 15.8. The first-order valence-corrected chi connectivity index (χ1v) is 6.55. The van der Waals surface area contributed by atoms with Crippen molar-refractivity contribution in [3.05, 3.63) is 45.1 Å². The number of carbonyl (C=O) groups is 1. The number of carbonyl (C=O) groups excluding carboxylic acids is 1. The Kier molecular flexibility index (Phi) is 6.46. The number of nitriles is 1. The largest absolute Gasteiger partial charge is 0.388 e. The van der Waals surface area contributed by atoms with Crippen LogP contribution in [0.25, 0.3) is 0 Å². The minimum atomic E-state index is -0.734. The van der Waals surface area contributed by atoms with Crippen LogP contribution in [-0.2, 0) is 4.79 Å². The van der Waals surface area contributed by atoms with Crippen molar-refractivity contribution >= 4 is 40.5 Å². The second-order valence-electron chi connectivity index (χ2n) is 3.69. The Labute approximate surface area is 130 Å². The lowest BCUT2D eigenvalue weighted by molar-refractivity contribution is -0.384. The standard InChI is InChI=1S/C12H10Cl2N4O3/c13-3-4-16-7-8(6-15)12(19)17-11-5-9(18(20)21)1-2-10(11)14/h1-2,5,7,16H,3-4H2,(H,17,19)/b8-7-. The highest BCUT2D eigenvalue weighted by Gasteiger charge is 2.14. The van der Waals surface area contributed by atoms with Gasteiger partial charge in [0.2, 0.25) is 0 Å². The van der Waals surface area contributed by atoms with E-state index in [4.69, 9.17) is 28.5 Å². The molecule has 1 aromatic carbocycles. The summed E-state index contributed by atoms with van der Waals surface area (Å²) in [6, 6.07) is 5.31. The number of halogens is 2. The lowest BCUT2D eigenvalue weighted by Gasteiger charge is -2.06. The van der Waals surface area contributed by atoms with Gasteiger partial charge >= 0.3 is 0 Å². The highest BCUT2D eigenvalue weighted by Crippen LogP contribution is 2.26. The molecule has 21 heavy (non-hydrogen) atoms. The summed E-state index contributed by atoms with van der Waals surface area (Å²) in [6.07, 6.45) is 1.21. The van der Waals surface area contributed by atoms with Crippen molar-refractivity contribution in [3.63, 3.8) is 0 Å². The van der Waals surface area contributed by atoms with E-state index in [0.717, 1.165) is 6.07 Å². The first kappa shape index (κ1) is 16.8. The predicted octanol–water partition coefficient (Wildman–Crippen LogP) is 2.42. The molecule has 0 fully saturated rings. The molecule has 0 saturated heterocycles. The van der Waals surface area contributed by atoms with Crippen molar-refractivity contribution in [2.24, 2.45) is 0 Å². The third kappa shape index (κ3) is 4.95.